The van der Waals surface area contributed by atoms with Crippen LogP contribution in [0.2, 0.25) is 0 Å². The molecule has 1 N–H and O–H groups in total. The molecule has 0 radical (unpaired) electrons. The van der Waals surface area contributed by atoms with Crippen molar-refractivity contribution in [1.82, 2.24) is 19.9 Å². The van der Waals surface area contributed by atoms with Crippen LogP contribution in [0.25, 0.3) is 11.2 Å². The van der Waals surface area contributed by atoms with Crippen LogP contribution in [0.3, 0.4) is 0 Å². The largest absolute Gasteiger partial charge is 0.342 e. The van der Waals surface area contributed by atoms with Gasteiger partial charge in [-0.3, -0.25) is 9.78 Å². The van der Waals surface area contributed by atoms with Gasteiger partial charge in [0.1, 0.15) is 5.52 Å². The van der Waals surface area contributed by atoms with Gasteiger partial charge < -0.3 is 9.88 Å². The van der Waals surface area contributed by atoms with Gasteiger partial charge in [-0.2, -0.15) is 0 Å². The number of rotatable bonds is 2. The number of carbonyl (C=O) groups excluding carboxylic acids is 1. The highest BCUT2D eigenvalue weighted by Crippen LogP contribution is 2.33. The van der Waals surface area contributed by atoms with Crippen molar-refractivity contribution in [3.05, 3.63) is 23.7 Å². The summed E-state index contributed by atoms with van der Waals surface area (Å²) < 4.78 is 0. The quantitative estimate of drug-likeness (QED) is 0.921. The molecule has 0 unspecified atom stereocenters. The lowest BCUT2D eigenvalue weighted by Gasteiger charge is -2.29. The molecule has 1 atom stereocenters. The Hall–Kier alpha value is -1.91. The first-order chi connectivity index (χ1) is 10.2. The molecule has 4 rings (SSSR count). The number of amides is 1. The second kappa shape index (κ2) is 4.83. The number of nitrogens with one attached hydrogen (secondary N) is 1. The Bertz CT molecular complexity index is 689. The first kappa shape index (κ1) is 12.8. The molecule has 0 aromatic carbocycles. The van der Waals surface area contributed by atoms with Gasteiger partial charge in [-0.05, 0) is 32.3 Å². The Kier molecular flexibility index (Phi) is 2.94. The fraction of sp³-hybridized carbons (Fsp3) is 0.562. The topological polar surface area (TPSA) is 61.9 Å². The minimum absolute atomic E-state index is 0.303. The molecule has 2 aromatic heterocycles. The van der Waals surface area contributed by atoms with Crippen molar-refractivity contribution in [3.63, 3.8) is 0 Å². The number of carbonyl (C=O) groups is 1. The van der Waals surface area contributed by atoms with Crippen molar-refractivity contribution in [1.29, 1.82) is 0 Å². The normalized spacial score (nSPS) is 22.7. The zero-order valence-electron chi connectivity index (χ0n) is 12.3. The first-order valence-corrected chi connectivity index (χ1v) is 7.82. The number of H-pyrrole nitrogens is 1. The number of aromatic amines is 1. The van der Waals surface area contributed by atoms with E-state index in [9.17, 15) is 4.79 Å². The zero-order chi connectivity index (χ0) is 14.4. The first-order valence-electron chi connectivity index (χ1n) is 7.82. The average molecular weight is 284 g/mol. The number of likely N-dealkylation sites (tertiary alicyclic amines) is 1. The fourth-order valence-corrected chi connectivity index (χ4v) is 3.35. The summed E-state index contributed by atoms with van der Waals surface area (Å²) in [6, 6.07) is 2.09. The molecular formula is C16H20N4O. The lowest BCUT2D eigenvalue weighted by Crippen LogP contribution is -2.37. The summed E-state index contributed by atoms with van der Waals surface area (Å²) in [5, 5.41) is 0. The van der Waals surface area contributed by atoms with Crippen molar-refractivity contribution in [2.24, 2.45) is 5.92 Å². The lowest BCUT2D eigenvalue weighted by atomic mass is 9.84. The summed E-state index contributed by atoms with van der Waals surface area (Å²) in [5.74, 6) is 1.06. The van der Waals surface area contributed by atoms with Gasteiger partial charge in [0.2, 0.25) is 5.91 Å². The third kappa shape index (κ3) is 2.20. The molecule has 5 nitrogen and oxygen atoms in total. The van der Waals surface area contributed by atoms with Gasteiger partial charge in [-0.25, -0.2) is 4.98 Å². The molecule has 21 heavy (non-hydrogen) atoms. The van der Waals surface area contributed by atoms with Crippen molar-refractivity contribution in [3.8, 4) is 0 Å². The lowest BCUT2D eigenvalue weighted by molar-refractivity contribution is -0.137. The Labute approximate surface area is 123 Å². The van der Waals surface area contributed by atoms with E-state index in [2.05, 4.69) is 21.0 Å². The molecule has 1 aliphatic heterocycles. The maximum absolute atomic E-state index is 12.3. The minimum atomic E-state index is 0.303. The molecule has 0 bridgehead atoms. The predicted octanol–water partition coefficient (Wildman–Crippen LogP) is 2.38. The smallest absolute Gasteiger partial charge is 0.225 e. The van der Waals surface area contributed by atoms with Crippen LogP contribution in [0.5, 0.6) is 0 Å². The molecule has 1 saturated carbocycles. The second-order valence-electron chi connectivity index (χ2n) is 6.37. The van der Waals surface area contributed by atoms with E-state index in [0.717, 1.165) is 49.2 Å². The summed E-state index contributed by atoms with van der Waals surface area (Å²) in [7, 11) is 0. The third-order valence-corrected chi connectivity index (χ3v) is 4.87. The second-order valence-corrected chi connectivity index (χ2v) is 6.37. The van der Waals surface area contributed by atoms with E-state index >= 15 is 0 Å². The zero-order valence-corrected chi connectivity index (χ0v) is 12.3. The van der Waals surface area contributed by atoms with Crippen LogP contribution in [0.15, 0.2) is 12.3 Å². The molecule has 3 heterocycles. The Morgan fingerprint density at radius 3 is 3.00 bits per heavy atom. The number of aryl methyl sites for hydroxylation is 1. The number of hydrogen-bond donors (Lipinski definition) is 1. The maximum Gasteiger partial charge on any atom is 0.225 e. The molecule has 2 fully saturated rings. The summed E-state index contributed by atoms with van der Waals surface area (Å²) in [6.45, 7) is 3.66. The number of fused-ring (bicyclic) bond motifs is 1. The van der Waals surface area contributed by atoms with Gasteiger partial charge in [-0.1, -0.05) is 6.42 Å². The van der Waals surface area contributed by atoms with E-state index in [0.29, 0.717) is 17.7 Å². The Balaban J connectivity index is 1.52. The van der Waals surface area contributed by atoms with E-state index in [1.54, 1.807) is 6.20 Å². The molecule has 0 spiro atoms. The average Bonchev–Trinajstić information content (AvgIpc) is 3.01. The van der Waals surface area contributed by atoms with Crippen LogP contribution in [-0.4, -0.2) is 38.8 Å². The summed E-state index contributed by atoms with van der Waals surface area (Å²) >= 11 is 0. The highest BCUT2D eigenvalue weighted by molar-refractivity contribution is 5.80. The Morgan fingerprint density at radius 2 is 2.24 bits per heavy atom. The van der Waals surface area contributed by atoms with Crippen molar-refractivity contribution >= 4 is 17.1 Å². The van der Waals surface area contributed by atoms with Crippen LogP contribution in [0.4, 0.5) is 0 Å². The molecule has 2 aliphatic rings. The van der Waals surface area contributed by atoms with E-state index in [1.165, 1.54) is 12.1 Å². The molecule has 110 valence electrons. The van der Waals surface area contributed by atoms with E-state index in [-0.39, 0.29) is 0 Å². The molecule has 5 heteroatoms. The van der Waals surface area contributed by atoms with Crippen LogP contribution in [0, 0.1) is 12.8 Å². The fourth-order valence-electron chi connectivity index (χ4n) is 3.35. The molecule has 1 amide bonds. The monoisotopic (exact) mass is 284 g/mol. The van der Waals surface area contributed by atoms with Crippen molar-refractivity contribution < 1.29 is 4.79 Å². The molecule has 1 aliphatic carbocycles. The van der Waals surface area contributed by atoms with Gasteiger partial charge >= 0.3 is 0 Å². The summed E-state index contributed by atoms with van der Waals surface area (Å²) in [4.78, 5) is 26.6. The SMILES string of the molecule is Cc1cnc2cc([C@@H]3CCN(C(=O)C4CCC4)C3)[nH]c2n1. The highest BCUT2D eigenvalue weighted by Gasteiger charge is 2.34. The van der Waals surface area contributed by atoms with Crippen LogP contribution < -0.4 is 0 Å². The highest BCUT2D eigenvalue weighted by atomic mass is 16.2. The standard InChI is InChI=1S/C16H20N4O/c1-10-8-17-14-7-13(19-15(14)18-10)12-5-6-20(9-12)16(21)11-3-2-4-11/h7-8,11-12H,2-6,9H2,1H3,(H,18,19)/t12-/m1/s1. The maximum atomic E-state index is 12.3. The van der Waals surface area contributed by atoms with Gasteiger partial charge in [0.25, 0.3) is 0 Å². The van der Waals surface area contributed by atoms with E-state index in [4.69, 9.17) is 0 Å². The van der Waals surface area contributed by atoms with Gasteiger partial charge in [0, 0.05) is 36.8 Å². The Morgan fingerprint density at radius 1 is 1.38 bits per heavy atom. The number of hydrogen-bond acceptors (Lipinski definition) is 3. The number of nitrogens with zero attached hydrogens (tertiary/aromatic N) is 3. The predicted molar refractivity (Wildman–Crippen MR) is 79.9 cm³/mol. The third-order valence-electron chi connectivity index (χ3n) is 4.87. The van der Waals surface area contributed by atoms with E-state index in [1.807, 2.05) is 11.8 Å². The van der Waals surface area contributed by atoms with E-state index < -0.39 is 0 Å². The molecule has 2 aromatic rings. The van der Waals surface area contributed by atoms with Crippen molar-refractivity contribution in [2.45, 2.75) is 38.5 Å². The van der Waals surface area contributed by atoms with Gasteiger partial charge in [0.15, 0.2) is 5.65 Å². The van der Waals surface area contributed by atoms with Crippen molar-refractivity contribution in [2.75, 3.05) is 13.1 Å². The molecule has 1 saturated heterocycles. The molecular weight excluding hydrogens is 264 g/mol. The number of aromatic nitrogens is 3. The van der Waals surface area contributed by atoms with Crippen LogP contribution in [-0.2, 0) is 4.79 Å². The van der Waals surface area contributed by atoms with Crippen LogP contribution >= 0.6 is 0 Å². The minimum Gasteiger partial charge on any atom is -0.342 e. The van der Waals surface area contributed by atoms with Gasteiger partial charge in [0.05, 0.1) is 5.69 Å². The summed E-state index contributed by atoms with van der Waals surface area (Å²) in [5.41, 5.74) is 3.86. The van der Waals surface area contributed by atoms with Gasteiger partial charge in [-0.15, -0.1) is 0 Å². The van der Waals surface area contributed by atoms with Crippen LogP contribution in [0.1, 0.15) is 43.0 Å². The summed E-state index contributed by atoms with van der Waals surface area (Å²) in [6.07, 6.45) is 6.21.